The molecule has 1 radical (unpaired) electrons. The standard InChI is InChI=1S/C12H9N4O/c1-2-4-12-11(3-1)15-9-16(12)17-8-10-7-13-5-6-14-10/h1-7H,8H2. The van der Waals surface area contributed by atoms with Crippen molar-refractivity contribution in [1.82, 2.24) is 19.7 Å². The van der Waals surface area contributed by atoms with Crippen molar-refractivity contribution in [2.45, 2.75) is 6.61 Å². The van der Waals surface area contributed by atoms with Gasteiger partial charge in [-0.3, -0.25) is 9.97 Å². The van der Waals surface area contributed by atoms with Gasteiger partial charge in [0, 0.05) is 12.4 Å². The summed E-state index contributed by atoms with van der Waals surface area (Å²) in [4.78, 5) is 17.7. The van der Waals surface area contributed by atoms with Gasteiger partial charge in [0.05, 0.1) is 17.4 Å². The van der Waals surface area contributed by atoms with Crippen LogP contribution < -0.4 is 4.84 Å². The van der Waals surface area contributed by atoms with Crippen LogP contribution in [0.3, 0.4) is 0 Å². The fourth-order valence-electron chi connectivity index (χ4n) is 1.52. The summed E-state index contributed by atoms with van der Waals surface area (Å²) < 4.78 is 1.52. The maximum absolute atomic E-state index is 5.54. The lowest BCUT2D eigenvalue weighted by Gasteiger charge is -2.05. The lowest BCUT2D eigenvalue weighted by Crippen LogP contribution is -2.11. The van der Waals surface area contributed by atoms with E-state index in [1.165, 1.54) is 4.73 Å². The van der Waals surface area contributed by atoms with Gasteiger partial charge in [0.2, 0.25) is 6.33 Å². The van der Waals surface area contributed by atoms with Crippen molar-refractivity contribution in [2.24, 2.45) is 0 Å². The summed E-state index contributed by atoms with van der Waals surface area (Å²) in [7, 11) is 0. The van der Waals surface area contributed by atoms with E-state index >= 15 is 0 Å². The normalized spacial score (nSPS) is 10.6. The van der Waals surface area contributed by atoms with Gasteiger partial charge in [-0.2, -0.15) is 4.73 Å². The second-order valence-corrected chi connectivity index (χ2v) is 3.47. The van der Waals surface area contributed by atoms with Crippen LogP contribution in [0.2, 0.25) is 0 Å². The van der Waals surface area contributed by atoms with E-state index in [0.717, 1.165) is 16.7 Å². The average molecular weight is 225 g/mol. The quantitative estimate of drug-likeness (QED) is 0.673. The summed E-state index contributed by atoms with van der Waals surface area (Å²) in [6, 6.07) is 7.69. The van der Waals surface area contributed by atoms with Crippen LogP contribution in [0, 0.1) is 6.33 Å². The van der Waals surface area contributed by atoms with Gasteiger partial charge in [-0.05, 0) is 12.1 Å². The number of nitrogens with zero attached hydrogens (tertiary/aromatic N) is 4. The van der Waals surface area contributed by atoms with Crippen LogP contribution in [0.4, 0.5) is 0 Å². The molecule has 0 aliphatic carbocycles. The zero-order valence-electron chi connectivity index (χ0n) is 8.95. The Labute approximate surface area is 97.7 Å². The summed E-state index contributed by atoms with van der Waals surface area (Å²) >= 11 is 0. The number of benzene rings is 1. The molecule has 0 aliphatic heterocycles. The number of rotatable bonds is 3. The van der Waals surface area contributed by atoms with E-state index in [4.69, 9.17) is 4.84 Å². The minimum absolute atomic E-state index is 0.338. The smallest absolute Gasteiger partial charge is 0.216 e. The SMILES string of the molecule is [c]1nc2ccccc2n1OCc1cnccn1. The molecule has 3 rings (SSSR count). The molecule has 3 aromatic rings. The predicted octanol–water partition coefficient (Wildman–Crippen LogP) is 1.26. The first kappa shape index (κ1) is 9.77. The molecule has 0 bridgehead atoms. The zero-order valence-corrected chi connectivity index (χ0v) is 8.95. The highest BCUT2D eigenvalue weighted by molar-refractivity contribution is 5.74. The van der Waals surface area contributed by atoms with E-state index in [-0.39, 0.29) is 0 Å². The first-order chi connectivity index (χ1) is 8.43. The highest BCUT2D eigenvalue weighted by atomic mass is 16.7. The molecule has 2 aromatic heterocycles. The lowest BCUT2D eigenvalue weighted by atomic mass is 10.3. The Balaban J connectivity index is 1.82. The molecule has 5 heteroatoms. The van der Waals surface area contributed by atoms with Crippen molar-refractivity contribution >= 4 is 11.0 Å². The zero-order chi connectivity index (χ0) is 11.5. The maximum atomic E-state index is 5.54. The lowest BCUT2D eigenvalue weighted by molar-refractivity contribution is 0.102. The highest BCUT2D eigenvalue weighted by Crippen LogP contribution is 2.10. The average Bonchev–Trinajstić information content (AvgIpc) is 2.81. The van der Waals surface area contributed by atoms with Crippen LogP contribution >= 0.6 is 0 Å². The number of hydrogen-bond donors (Lipinski definition) is 0. The van der Waals surface area contributed by atoms with Crippen LogP contribution in [0.25, 0.3) is 11.0 Å². The van der Waals surface area contributed by atoms with Gasteiger partial charge < -0.3 is 4.84 Å². The Kier molecular flexibility index (Phi) is 2.42. The van der Waals surface area contributed by atoms with Crippen molar-refractivity contribution < 1.29 is 4.84 Å². The molecule has 5 nitrogen and oxygen atoms in total. The maximum Gasteiger partial charge on any atom is 0.216 e. The van der Waals surface area contributed by atoms with E-state index in [1.807, 2.05) is 24.3 Å². The summed E-state index contributed by atoms with van der Waals surface area (Å²) in [5, 5.41) is 0. The third-order valence-corrected chi connectivity index (χ3v) is 2.32. The monoisotopic (exact) mass is 225 g/mol. The summed E-state index contributed by atoms with van der Waals surface area (Å²) in [6.07, 6.45) is 7.71. The number of hydrogen-bond acceptors (Lipinski definition) is 4. The first-order valence-electron chi connectivity index (χ1n) is 5.17. The van der Waals surface area contributed by atoms with E-state index in [9.17, 15) is 0 Å². The number of para-hydroxylation sites is 2. The molecule has 0 unspecified atom stereocenters. The molecule has 0 saturated heterocycles. The van der Waals surface area contributed by atoms with Gasteiger partial charge in [-0.25, -0.2) is 4.98 Å². The van der Waals surface area contributed by atoms with E-state index in [1.54, 1.807) is 18.6 Å². The number of fused-ring (bicyclic) bond motifs is 1. The Bertz CT molecular complexity index is 620. The van der Waals surface area contributed by atoms with Crippen LogP contribution in [-0.2, 0) is 6.61 Å². The van der Waals surface area contributed by atoms with Gasteiger partial charge in [-0.1, -0.05) is 12.1 Å². The van der Waals surface area contributed by atoms with Crippen LogP contribution in [0.1, 0.15) is 5.69 Å². The molecular weight excluding hydrogens is 216 g/mol. The highest BCUT2D eigenvalue weighted by Gasteiger charge is 2.03. The topological polar surface area (TPSA) is 52.8 Å². The summed E-state index contributed by atoms with van der Waals surface area (Å²) in [5.74, 6) is 0. The Morgan fingerprint density at radius 3 is 3.06 bits per heavy atom. The van der Waals surface area contributed by atoms with Crippen LogP contribution in [0.15, 0.2) is 42.9 Å². The van der Waals surface area contributed by atoms with E-state index < -0.39 is 0 Å². The molecule has 17 heavy (non-hydrogen) atoms. The van der Waals surface area contributed by atoms with Crippen molar-refractivity contribution in [3.8, 4) is 0 Å². The van der Waals surface area contributed by atoms with Crippen molar-refractivity contribution in [2.75, 3.05) is 0 Å². The first-order valence-corrected chi connectivity index (χ1v) is 5.17. The number of imidazole rings is 1. The Hall–Kier alpha value is -2.43. The molecule has 0 fully saturated rings. The van der Waals surface area contributed by atoms with Crippen molar-refractivity contribution in [3.05, 3.63) is 54.9 Å². The Morgan fingerprint density at radius 1 is 1.24 bits per heavy atom. The third-order valence-electron chi connectivity index (χ3n) is 2.32. The molecule has 0 N–H and O–H groups in total. The number of aromatic nitrogens is 4. The fraction of sp³-hybridized carbons (Fsp3) is 0.0833. The van der Waals surface area contributed by atoms with Crippen LogP contribution in [-0.4, -0.2) is 19.7 Å². The molecule has 0 saturated carbocycles. The molecule has 83 valence electrons. The summed E-state index contributed by atoms with van der Waals surface area (Å²) in [6.45, 7) is 0.338. The van der Waals surface area contributed by atoms with E-state index in [0.29, 0.717) is 6.61 Å². The second-order valence-electron chi connectivity index (χ2n) is 3.47. The van der Waals surface area contributed by atoms with Crippen molar-refractivity contribution in [1.29, 1.82) is 0 Å². The molecular formula is C12H9N4O. The molecule has 0 atom stereocenters. The minimum atomic E-state index is 0.338. The van der Waals surface area contributed by atoms with Gasteiger partial charge in [0.15, 0.2) is 6.61 Å². The molecule has 0 spiro atoms. The van der Waals surface area contributed by atoms with Crippen LogP contribution in [0.5, 0.6) is 0 Å². The third kappa shape index (κ3) is 1.94. The fourth-order valence-corrected chi connectivity index (χ4v) is 1.52. The van der Waals surface area contributed by atoms with E-state index in [2.05, 4.69) is 21.3 Å². The van der Waals surface area contributed by atoms with Gasteiger partial charge in [0.1, 0.15) is 5.52 Å². The minimum Gasteiger partial charge on any atom is -0.405 e. The predicted molar refractivity (Wildman–Crippen MR) is 60.9 cm³/mol. The van der Waals surface area contributed by atoms with Gasteiger partial charge >= 0.3 is 0 Å². The Morgan fingerprint density at radius 2 is 2.18 bits per heavy atom. The molecule has 1 aromatic carbocycles. The largest absolute Gasteiger partial charge is 0.405 e. The van der Waals surface area contributed by atoms with Gasteiger partial charge in [-0.15, -0.1) is 0 Å². The molecule has 0 amide bonds. The molecule has 0 aliphatic rings. The summed E-state index contributed by atoms with van der Waals surface area (Å²) in [5.41, 5.74) is 2.50. The van der Waals surface area contributed by atoms with Crippen molar-refractivity contribution in [3.63, 3.8) is 0 Å². The molecule has 2 heterocycles. The second kappa shape index (κ2) is 4.21. The van der Waals surface area contributed by atoms with Gasteiger partial charge in [0.25, 0.3) is 0 Å².